The molecular formula is C27H23ClN2O4S. The number of anilines is 1. The zero-order chi connectivity index (χ0) is 24.7. The molecule has 0 heterocycles. The standard InChI is InChI=1S/C27H23ClN2O4S/c28-22-13-11-21(12-14-22)19-29-27(31)20-30(35(32,33)26-9-5-2-6-10-26)23-15-17-25(18-16-23)34-24-7-3-1-4-8-24/h1-18H,19-20H2,(H,29,31). The molecule has 0 unspecified atom stereocenters. The second kappa shape index (κ2) is 11.1. The number of amides is 1. The van der Waals surface area contributed by atoms with E-state index in [2.05, 4.69) is 5.32 Å². The van der Waals surface area contributed by atoms with Gasteiger partial charge in [-0.05, 0) is 66.2 Å². The molecule has 0 aliphatic rings. The normalized spacial score (nSPS) is 11.0. The Morgan fingerprint density at radius 1 is 0.771 bits per heavy atom. The Hall–Kier alpha value is -3.81. The SMILES string of the molecule is O=C(CN(c1ccc(Oc2ccccc2)cc1)S(=O)(=O)c1ccccc1)NCc1ccc(Cl)cc1. The summed E-state index contributed by atoms with van der Waals surface area (Å²) in [7, 11) is -4.00. The highest BCUT2D eigenvalue weighted by Gasteiger charge is 2.27. The van der Waals surface area contributed by atoms with Crippen LogP contribution >= 0.6 is 11.6 Å². The van der Waals surface area contributed by atoms with Crippen molar-refractivity contribution in [3.63, 3.8) is 0 Å². The van der Waals surface area contributed by atoms with Crippen LogP contribution in [0.5, 0.6) is 11.5 Å². The van der Waals surface area contributed by atoms with E-state index >= 15 is 0 Å². The molecule has 4 aromatic carbocycles. The van der Waals surface area contributed by atoms with Crippen LogP contribution in [0.3, 0.4) is 0 Å². The lowest BCUT2D eigenvalue weighted by Gasteiger charge is -2.24. The molecule has 0 aliphatic carbocycles. The number of para-hydroxylation sites is 1. The molecule has 0 saturated carbocycles. The van der Waals surface area contributed by atoms with Crippen LogP contribution in [0.2, 0.25) is 5.02 Å². The van der Waals surface area contributed by atoms with Crippen LogP contribution in [0.4, 0.5) is 5.69 Å². The molecular weight excluding hydrogens is 484 g/mol. The van der Waals surface area contributed by atoms with E-state index in [4.69, 9.17) is 16.3 Å². The molecule has 0 aromatic heterocycles. The van der Waals surface area contributed by atoms with E-state index in [1.807, 2.05) is 30.3 Å². The summed E-state index contributed by atoms with van der Waals surface area (Å²) in [6, 6.07) is 30.9. The molecule has 0 bridgehead atoms. The molecule has 0 fully saturated rings. The van der Waals surface area contributed by atoms with Gasteiger partial charge in [0.2, 0.25) is 5.91 Å². The molecule has 6 nitrogen and oxygen atoms in total. The van der Waals surface area contributed by atoms with E-state index in [1.165, 1.54) is 12.1 Å². The summed E-state index contributed by atoms with van der Waals surface area (Å²) in [5.41, 5.74) is 1.19. The number of sulfonamides is 1. The van der Waals surface area contributed by atoms with Gasteiger partial charge in [0, 0.05) is 11.6 Å². The largest absolute Gasteiger partial charge is 0.457 e. The van der Waals surface area contributed by atoms with E-state index < -0.39 is 15.9 Å². The zero-order valence-electron chi connectivity index (χ0n) is 18.7. The van der Waals surface area contributed by atoms with Gasteiger partial charge in [-0.15, -0.1) is 0 Å². The van der Waals surface area contributed by atoms with Crippen molar-refractivity contribution in [2.45, 2.75) is 11.4 Å². The summed E-state index contributed by atoms with van der Waals surface area (Å²) < 4.78 is 33.8. The van der Waals surface area contributed by atoms with Crippen molar-refractivity contribution in [1.82, 2.24) is 5.32 Å². The number of carbonyl (C=O) groups is 1. The highest BCUT2D eigenvalue weighted by Crippen LogP contribution is 2.28. The first-order valence-corrected chi connectivity index (χ1v) is 12.7. The summed E-state index contributed by atoms with van der Waals surface area (Å²) >= 11 is 5.91. The molecule has 178 valence electrons. The number of carbonyl (C=O) groups excluding carboxylic acids is 1. The van der Waals surface area contributed by atoms with Gasteiger partial charge >= 0.3 is 0 Å². The van der Waals surface area contributed by atoms with Crippen LogP contribution in [0.25, 0.3) is 0 Å². The summed E-state index contributed by atoms with van der Waals surface area (Å²) in [5.74, 6) is 0.767. The zero-order valence-corrected chi connectivity index (χ0v) is 20.2. The number of benzene rings is 4. The number of rotatable bonds is 9. The summed E-state index contributed by atoms with van der Waals surface area (Å²) in [6.07, 6.45) is 0. The van der Waals surface area contributed by atoms with Gasteiger partial charge < -0.3 is 10.1 Å². The molecule has 35 heavy (non-hydrogen) atoms. The molecule has 0 atom stereocenters. The molecule has 1 amide bonds. The van der Waals surface area contributed by atoms with Crippen molar-refractivity contribution < 1.29 is 17.9 Å². The van der Waals surface area contributed by atoms with Crippen LogP contribution in [0, 0.1) is 0 Å². The Kier molecular flexibility index (Phi) is 7.70. The maximum absolute atomic E-state index is 13.5. The van der Waals surface area contributed by atoms with Gasteiger partial charge in [0.1, 0.15) is 18.0 Å². The quantitative estimate of drug-likeness (QED) is 0.318. The van der Waals surface area contributed by atoms with Crippen molar-refractivity contribution in [2.24, 2.45) is 0 Å². The predicted molar refractivity (Wildman–Crippen MR) is 137 cm³/mol. The Balaban J connectivity index is 1.55. The first-order valence-electron chi connectivity index (χ1n) is 10.8. The lowest BCUT2D eigenvalue weighted by atomic mass is 10.2. The summed E-state index contributed by atoms with van der Waals surface area (Å²) in [5, 5.41) is 3.37. The van der Waals surface area contributed by atoms with Crippen LogP contribution in [-0.4, -0.2) is 20.9 Å². The van der Waals surface area contributed by atoms with Gasteiger partial charge in [0.25, 0.3) is 10.0 Å². The first kappa shape index (κ1) is 24.3. The van der Waals surface area contributed by atoms with Gasteiger partial charge in [0.15, 0.2) is 0 Å². The predicted octanol–water partition coefficient (Wildman–Crippen LogP) is 5.64. The third-order valence-electron chi connectivity index (χ3n) is 5.12. The van der Waals surface area contributed by atoms with E-state index in [-0.39, 0.29) is 18.0 Å². The van der Waals surface area contributed by atoms with Crippen LogP contribution < -0.4 is 14.4 Å². The van der Waals surface area contributed by atoms with Gasteiger partial charge in [-0.1, -0.05) is 60.1 Å². The van der Waals surface area contributed by atoms with Crippen LogP contribution in [-0.2, 0) is 21.4 Å². The second-order valence-electron chi connectivity index (χ2n) is 7.64. The fourth-order valence-electron chi connectivity index (χ4n) is 3.33. The summed E-state index contributed by atoms with van der Waals surface area (Å²) in [4.78, 5) is 12.9. The van der Waals surface area contributed by atoms with Gasteiger partial charge in [-0.25, -0.2) is 8.42 Å². The number of nitrogens with one attached hydrogen (secondary N) is 1. The molecule has 1 N–H and O–H groups in total. The Bertz CT molecular complexity index is 1360. The van der Waals surface area contributed by atoms with Crippen molar-refractivity contribution in [3.8, 4) is 11.5 Å². The third-order valence-corrected chi connectivity index (χ3v) is 7.17. The fraction of sp³-hybridized carbons (Fsp3) is 0.0741. The monoisotopic (exact) mass is 506 g/mol. The minimum Gasteiger partial charge on any atom is -0.457 e. The third kappa shape index (κ3) is 6.41. The minimum absolute atomic E-state index is 0.0927. The highest BCUT2D eigenvalue weighted by atomic mass is 35.5. The van der Waals surface area contributed by atoms with Crippen molar-refractivity contribution >= 4 is 33.2 Å². The van der Waals surface area contributed by atoms with E-state index in [0.29, 0.717) is 22.2 Å². The fourth-order valence-corrected chi connectivity index (χ4v) is 4.90. The van der Waals surface area contributed by atoms with E-state index in [1.54, 1.807) is 66.7 Å². The van der Waals surface area contributed by atoms with E-state index in [0.717, 1.165) is 9.87 Å². The number of halogens is 1. The van der Waals surface area contributed by atoms with Crippen molar-refractivity contribution in [1.29, 1.82) is 0 Å². The molecule has 4 aromatic rings. The number of nitrogens with zero attached hydrogens (tertiary/aromatic N) is 1. The number of hydrogen-bond acceptors (Lipinski definition) is 4. The van der Waals surface area contributed by atoms with Crippen molar-refractivity contribution in [3.05, 3.63) is 120 Å². The summed E-state index contributed by atoms with van der Waals surface area (Å²) in [6.45, 7) is -0.136. The molecule has 0 radical (unpaired) electrons. The van der Waals surface area contributed by atoms with Gasteiger partial charge in [-0.2, -0.15) is 0 Å². The molecule has 4 rings (SSSR count). The second-order valence-corrected chi connectivity index (χ2v) is 9.94. The topological polar surface area (TPSA) is 75.7 Å². The smallest absolute Gasteiger partial charge is 0.264 e. The average molecular weight is 507 g/mol. The molecule has 0 aliphatic heterocycles. The molecule has 0 spiro atoms. The Morgan fingerprint density at radius 3 is 1.97 bits per heavy atom. The average Bonchev–Trinajstić information content (AvgIpc) is 2.88. The molecule has 0 saturated heterocycles. The minimum atomic E-state index is -4.00. The van der Waals surface area contributed by atoms with Gasteiger partial charge in [0.05, 0.1) is 10.6 Å². The van der Waals surface area contributed by atoms with Gasteiger partial charge in [-0.3, -0.25) is 9.10 Å². The Labute approximate surface area is 209 Å². The maximum atomic E-state index is 13.5. The van der Waals surface area contributed by atoms with Crippen LogP contribution in [0.15, 0.2) is 114 Å². The first-order chi connectivity index (χ1) is 16.9. The highest BCUT2D eigenvalue weighted by molar-refractivity contribution is 7.92. The number of hydrogen-bond donors (Lipinski definition) is 1. The van der Waals surface area contributed by atoms with E-state index in [9.17, 15) is 13.2 Å². The Morgan fingerprint density at radius 2 is 1.34 bits per heavy atom. The molecule has 8 heteroatoms. The number of ether oxygens (including phenoxy) is 1. The lowest BCUT2D eigenvalue weighted by Crippen LogP contribution is -2.40. The van der Waals surface area contributed by atoms with Crippen LogP contribution in [0.1, 0.15) is 5.56 Å². The van der Waals surface area contributed by atoms with Crippen molar-refractivity contribution in [2.75, 3.05) is 10.8 Å². The maximum Gasteiger partial charge on any atom is 0.264 e. The lowest BCUT2D eigenvalue weighted by molar-refractivity contribution is -0.119.